The predicted octanol–water partition coefficient (Wildman–Crippen LogP) is 1.93. The summed E-state index contributed by atoms with van der Waals surface area (Å²) in [6, 6.07) is 0. The summed E-state index contributed by atoms with van der Waals surface area (Å²) in [5.41, 5.74) is 0. The number of thioether (sulfide) groups is 1. The molecule has 0 aromatic rings. The molecule has 20 heavy (non-hydrogen) atoms. The molecule has 0 aliphatic carbocycles. The number of hydrogen-bond acceptors (Lipinski definition) is 5. The highest BCUT2D eigenvalue weighted by molar-refractivity contribution is 8.00. The first-order valence-electron chi connectivity index (χ1n) is 6.95. The van der Waals surface area contributed by atoms with Gasteiger partial charge in [0.2, 0.25) is 11.8 Å². The van der Waals surface area contributed by atoms with Crippen LogP contribution in [0.4, 0.5) is 0 Å². The maximum atomic E-state index is 11.1. The first kappa shape index (κ1) is 17.7. The van der Waals surface area contributed by atoms with Gasteiger partial charge < -0.3 is 10.1 Å². The first-order valence-corrected chi connectivity index (χ1v) is 8.92. The van der Waals surface area contributed by atoms with Crippen LogP contribution < -0.4 is 10.0 Å². The summed E-state index contributed by atoms with van der Waals surface area (Å²) in [5, 5.41) is 2.78. The zero-order valence-corrected chi connectivity index (χ0v) is 13.8. The van der Waals surface area contributed by atoms with Gasteiger partial charge in [0.25, 0.3) is 0 Å². The van der Waals surface area contributed by atoms with Gasteiger partial charge in [-0.1, -0.05) is 0 Å². The van der Waals surface area contributed by atoms with E-state index in [0.29, 0.717) is 6.54 Å². The van der Waals surface area contributed by atoms with Crippen LogP contribution in [-0.4, -0.2) is 41.4 Å². The molecular formula is C13H24N2O3S2. The fraction of sp³-hybridized carbons (Fsp3) is 0.846. The molecule has 7 heteroatoms. The molecule has 1 fully saturated rings. The van der Waals surface area contributed by atoms with E-state index < -0.39 is 0 Å². The number of nitrogens with one attached hydrogen (secondary N) is 2. The Bertz CT molecular complexity index is 321. The molecular weight excluding hydrogens is 296 g/mol. The molecule has 1 saturated heterocycles. The van der Waals surface area contributed by atoms with Crippen LogP contribution in [0.2, 0.25) is 0 Å². The number of carbonyl (C=O) groups excluding carboxylic acids is 2. The van der Waals surface area contributed by atoms with Crippen LogP contribution in [0, 0.1) is 0 Å². The van der Waals surface area contributed by atoms with E-state index in [0.717, 1.165) is 43.8 Å². The van der Waals surface area contributed by atoms with E-state index in [-0.39, 0.29) is 16.7 Å². The summed E-state index contributed by atoms with van der Waals surface area (Å²) in [6.07, 6.45) is 4.12. The van der Waals surface area contributed by atoms with Crippen molar-refractivity contribution in [3.05, 3.63) is 0 Å². The van der Waals surface area contributed by atoms with Crippen LogP contribution in [0.5, 0.6) is 0 Å². The van der Waals surface area contributed by atoms with E-state index in [2.05, 4.69) is 10.0 Å². The maximum absolute atomic E-state index is 11.1. The van der Waals surface area contributed by atoms with E-state index in [1.54, 1.807) is 11.8 Å². The monoisotopic (exact) mass is 320 g/mol. The minimum absolute atomic E-state index is 0.0129. The minimum atomic E-state index is -0.273. The van der Waals surface area contributed by atoms with Gasteiger partial charge in [-0.15, -0.1) is 0 Å². The summed E-state index contributed by atoms with van der Waals surface area (Å²) in [4.78, 5) is 21.5. The van der Waals surface area contributed by atoms with Gasteiger partial charge in [0, 0.05) is 32.8 Å². The van der Waals surface area contributed by atoms with E-state index in [4.69, 9.17) is 4.74 Å². The second kappa shape index (κ2) is 9.52. The molecule has 0 radical (unpaired) electrons. The number of amides is 2. The Hall–Kier alpha value is -0.400. The van der Waals surface area contributed by atoms with Crippen molar-refractivity contribution in [3.8, 4) is 0 Å². The average Bonchev–Trinajstić information content (AvgIpc) is 2.41. The highest BCUT2D eigenvalue weighted by Crippen LogP contribution is 2.37. The Labute approximate surface area is 129 Å². The van der Waals surface area contributed by atoms with Crippen LogP contribution in [0.3, 0.4) is 0 Å². The molecule has 1 aliphatic heterocycles. The standard InChI is InChI=1S/C13H24N2O3S2/c1-11(16)14-7-10-19-9-6-13(20-15-12(2)17)5-3-4-8-18-13/h3-10H2,1-2H3,(H,14,16)(H,15,17). The van der Waals surface area contributed by atoms with Crippen molar-refractivity contribution < 1.29 is 14.3 Å². The van der Waals surface area contributed by atoms with E-state index >= 15 is 0 Å². The number of hydrogen-bond donors (Lipinski definition) is 2. The highest BCUT2D eigenvalue weighted by atomic mass is 32.2. The second-order valence-electron chi connectivity index (χ2n) is 4.82. The molecule has 116 valence electrons. The summed E-state index contributed by atoms with van der Waals surface area (Å²) < 4.78 is 8.74. The SMILES string of the molecule is CC(=O)NCCSCCC1(SNC(C)=O)CCCCO1. The molecule has 1 rings (SSSR count). The van der Waals surface area contributed by atoms with Crippen molar-refractivity contribution in [3.63, 3.8) is 0 Å². The van der Waals surface area contributed by atoms with Gasteiger partial charge in [-0.2, -0.15) is 11.8 Å². The van der Waals surface area contributed by atoms with Crippen molar-refractivity contribution in [2.45, 2.75) is 44.5 Å². The van der Waals surface area contributed by atoms with Crippen molar-refractivity contribution in [1.29, 1.82) is 0 Å². The van der Waals surface area contributed by atoms with E-state index in [1.807, 2.05) is 0 Å². The summed E-state index contributed by atoms with van der Waals surface area (Å²) >= 11 is 3.22. The van der Waals surface area contributed by atoms with Gasteiger partial charge in [0.1, 0.15) is 4.93 Å². The molecule has 1 atom stereocenters. The zero-order valence-electron chi connectivity index (χ0n) is 12.2. The van der Waals surface area contributed by atoms with Crippen molar-refractivity contribution >= 4 is 35.5 Å². The molecule has 2 N–H and O–H groups in total. The molecule has 1 heterocycles. The quantitative estimate of drug-likeness (QED) is 0.528. The van der Waals surface area contributed by atoms with E-state index in [9.17, 15) is 9.59 Å². The van der Waals surface area contributed by atoms with Gasteiger partial charge in [-0.05, 0) is 43.4 Å². The van der Waals surface area contributed by atoms with Crippen LogP contribution in [-0.2, 0) is 14.3 Å². The molecule has 0 aromatic carbocycles. The Balaban J connectivity index is 2.26. The largest absolute Gasteiger partial charge is 0.363 e. The summed E-state index contributed by atoms with van der Waals surface area (Å²) in [7, 11) is 0. The Morgan fingerprint density at radius 3 is 2.60 bits per heavy atom. The third-order valence-electron chi connectivity index (χ3n) is 2.95. The molecule has 0 aromatic heterocycles. The van der Waals surface area contributed by atoms with Crippen molar-refractivity contribution in [2.75, 3.05) is 24.7 Å². The van der Waals surface area contributed by atoms with Gasteiger partial charge in [-0.3, -0.25) is 14.3 Å². The lowest BCUT2D eigenvalue weighted by atomic mass is 10.1. The second-order valence-corrected chi connectivity index (χ2v) is 7.20. The maximum Gasteiger partial charge on any atom is 0.226 e. The van der Waals surface area contributed by atoms with E-state index in [1.165, 1.54) is 25.8 Å². The third kappa shape index (κ3) is 7.40. The van der Waals surface area contributed by atoms with Crippen molar-refractivity contribution in [2.24, 2.45) is 0 Å². The third-order valence-corrected chi connectivity index (χ3v) is 5.22. The van der Waals surface area contributed by atoms with Crippen molar-refractivity contribution in [1.82, 2.24) is 10.0 Å². The van der Waals surface area contributed by atoms with Crippen LogP contribution in [0.1, 0.15) is 39.5 Å². The van der Waals surface area contributed by atoms with Gasteiger partial charge in [0.05, 0.1) is 0 Å². The molecule has 5 nitrogen and oxygen atoms in total. The van der Waals surface area contributed by atoms with Crippen LogP contribution in [0.15, 0.2) is 0 Å². The molecule has 2 amide bonds. The average molecular weight is 320 g/mol. The molecule has 0 saturated carbocycles. The highest BCUT2D eigenvalue weighted by Gasteiger charge is 2.34. The van der Waals surface area contributed by atoms with Crippen LogP contribution >= 0.6 is 23.7 Å². The molecule has 0 spiro atoms. The number of rotatable bonds is 8. The normalized spacial score (nSPS) is 22.3. The smallest absolute Gasteiger partial charge is 0.226 e. The fourth-order valence-electron chi connectivity index (χ4n) is 1.95. The van der Waals surface area contributed by atoms with Gasteiger partial charge in [0.15, 0.2) is 0 Å². The summed E-state index contributed by atoms with van der Waals surface area (Å²) in [5.74, 6) is 1.84. The lowest BCUT2D eigenvalue weighted by molar-refractivity contribution is -0.119. The molecule has 1 aliphatic rings. The Morgan fingerprint density at radius 1 is 1.20 bits per heavy atom. The Morgan fingerprint density at radius 2 is 2.00 bits per heavy atom. The minimum Gasteiger partial charge on any atom is -0.363 e. The molecule has 1 unspecified atom stereocenters. The topological polar surface area (TPSA) is 67.4 Å². The predicted molar refractivity (Wildman–Crippen MR) is 84.6 cm³/mol. The van der Waals surface area contributed by atoms with Gasteiger partial charge >= 0.3 is 0 Å². The Kier molecular flexibility index (Phi) is 8.40. The zero-order chi connectivity index (χ0) is 14.8. The molecule has 0 bridgehead atoms. The number of ether oxygens (including phenoxy) is 1. The number of carbonyl (C=O) groups is 2. The fourth-order valence-corrected chi connectivity index (χ4v) is 3.93. The summed E-state index contributed by atoms with van der Waals surface area (Å²) in [6.45, 7) is 4.52. The lowest BCUT2D eigenvalue weighted by Crippen LogP contribution is -2.37. The van der Waals surface area contributed by atoms with Crippen LogP contribution in [0.25, 0.3) is 0 Å². The van der Waals surface area contributed by atoms with Gasteiger partial charge in [-0.25, -0.2) is 0 Å². The first-order chi connectivity index (χ1) is 9.54. The lowest BCUT2D eigenvalue weighted by Gasteiger charge is -2.36.